The molecule has 0 aliphatic heterocycles. The molecule has 0 N–H and O–H groups in total. The van der Waals surface area contributed by atoms with Gasteiger partial charge in [0.1, 0.15) is 5.57 Å². The van der Waals surface area contributed by atoms with Gasteiger partial charge < -0.3 is 4.74 Å². The van der Waals surface area contributed by atoms with Gasteiger partial charge in [-0.3, -0.25) is 13.9 Å². The zero-order valence-electron chi connectivity index (χ0n) is 15.3. The standard InChI is InChI=1S/C18H21Br2NO5S/c1-4-21(27(3,24)25)16-12(8-9-14(19)15(16)20)18(23)13(10-26-5-2)17(22)11-6-7-11/h8-11H,4-7H2,1-3H3. The molecular weight excluding hydrogens is 502 g/mol. The zero-order chi connectivity index (χ0) is 20.4. The van der Waals surface area contributed by atoms with Crippen molar-refractivity contribution in [1.82, 2.24) is 0 Å². The Labute approximate surface area is 176 Å². The summed E-state index contributed by atoms with van der Waals surface area (Å²) >= 11 is 6.72. The fourth-order valence-electron chi connectivity index (χ4n) is 2.63. The molecule has 0 heterocycles. The van der Waals surface area contributed by atoms with Crippen molar-refractivity contribution in [2.75, 3.05) is 23.7 Å². The van der Waals surface area contributed by atoms with E-state index in [0.717, 1.165) is 23.4 Å². The van der Waals surface area contributed by atoms with Gasteiger partial charge in [-0.2, -0.15) is 0 Å². The Balaban J connectivity index is 2.64. The summed E-state index contributed by atoms with van der Waals surface area (Å²) in [6.07, 6.45) is 3.76. The number of hydrogen-bond acceptors (Lipinski definition) is 5. The number of carbonyl (C=O) groups is 2. The second-order valence-electron chi connectivity index (χ2n) is 6.14. The molecule has 2 rings (SSSR count). The highest BCUT2D eigenvalue weighted by Crippen LogP contribution is 2.40. The average Bonchev–Trinajstić information content (AvgIpc) is 3.43. The number of anilines is 1. The molecule has 1 saturated carbocycles. The summed E-state index contributed by atoms with van der Waals surface area (Å²) < 4.78 is 31.9. The van der Waals surface area contributed by atoms with Gasteiger partial charge in [0.15, 0.2) is 5.78 Å². The third-order valence-corrected chi connectivity index (χ3v) is 7.31. The molecule has 1 fully saturated rings. The van der Waals surface area contributed by atoms with Crippen molar-refractivity contribution in [1.29, 1.82) is 0 Å². The van der Waals surface area contributed by atoms with Crippen LogP contribution in [0.4, 0.5) is 5.69 Å². The first-order valence-electron chi connectivity index (χ1n) is 8.49. The Hall–Kier alpha value is -1.19. The number of sulfonamides is 1. The van der Waals surface area contributed by atoms with Crippen molar-refractivity contribution < 1.29 is 22.7 Å². The summed E-state index contributed by atoms with van der Waals surface area (Å²) in [6, 6.07) is 3.15. The Morgan fingerprint density at radius 2 is 1.89 bits per heavy atom. The summed E-state index contributed by atoms with van der Waals surface area (Å²) in [6.45, 7) is 3.88. The summed E-state index contributed by atoms with van der Waals surface area (Å²) in [7, 11) is -3.64. The third-order valence-electron chi connectivity index (χ3n) is 4.08. The molecule has 0 saturated heterocycles. The predicted molar refractivity (Wildman–Crippen MR) is 111 cm³/mol. The smallest absolute Gasteiger partial charge is 0.232 e. The van der Waals surface area contributed by atoms with E-state index < -0.39 is 15.8 Å². The van der Waals surface area contributed by atoms with Gasteiger partial charge in [-0.15, -0.1) is 0 Å². The Kier molecular flexibility index (Phi) is 7.27. The van der Waals surface area contributed by atoms with Crippen LogP contribution in [0.1, 0.15) is 37.0 Å². The van der Waals surface area contributed by atoms with E-state index in [-0.39, 0.29) is 35.1 Å². The van der Waals surface area contributed by atoms with Crippen LogP contribution in [-0.4, -0.2) is 39.4 Å². The molecule has 1 aliphatic rings. The molecule has 1 aliphatic carbocycles. The highest BCUT2D eigenvalue weighted by atomic mass is 79.9. The molecular formula is C18H21Br2NO5S. The van der Waals surface area contributed by atoms with E-state index in [1.807, 2.05) is 0 Å². The molecule has 0 radical (unpaired) electrons. The van der Waals surface area contributed by atoms with E-state index in [1.165, 1.54) is 12.3 Å². The van der Waals surface area contributed by atoms with Gasteiger partial charge in [0, 0.05) is 22.5 Å². The lowest BCUT2D eigenvalue weighted by Crippen LogP contribution is -2.32. The topological polar surface area (TPSA) is 80.8 Å². The average molecular weight is 523 g/mol. The summed E-state index contributed by atoms with van der Waals surface area (Å²) in [4.78, 5) is 25.8. The van der Waals surface area contributed by atoms with E-state index in [2.05, 4.69) is 31.9 Å². The summed E-state index contributed by atoms with van der Waals surface area (Å²) in [5.41, 5.74) is 0.266. The first kappa shape index (κ1) is 22.1. The molecule has 27 heavy (non-hydrogen) atoms. The zero-order valence-corrected chi connectivity index (χ0v) is 19.3. The van der Waals surface area contributed by atoms with Crippen LogP contribution < -0.4 is 4.31 Å². The number of ketones is 2. The van der Waals surface area contributed by atoms with Gasteiger partial charge in [-0.25, -0.2) is 8.42 Å². The number of benzene rings is 1. The van der Waals surface area contributed by atoms with Crippen LogP contribution in [0.15, 0.2) is 32.9 Å². The Morgan fingerprint density at radius 3 is 2.37 bits per heavy atom. The van der Waals surface area contributed by atoms with E-state index in [9.17, 15) is 18.0 Å². The van der Waals surface area contributed by atoms with Crippen LogP contribution in [0, 0.1) is 5.92 Å². The molecule has 1 aromatic carbocycles. The number of carbonyl (C=O) groups excluding carboxylic acids is 2. The molecule has 6 nitrogen and oxygen atoms in total. The molecule has 0 amide bonds. The lowest BCUT2D eigenvalue weighted by atomic mass is 9.97. The third kappa shape index (κ3) is 5.00. The monoisotopic (exact) mass is 521 g/mol. The number of halogens is 2. The lowest BCUT2D eigenvalue weighted by molar-refractivity contribution is -0.116. The minimum absolute atomic E-state index is 0.0561. The molecule has 0 unspecified atom stereocenters. The summed E-state index contributed by atoms with van der Waals surface area (Å²) in [5, 5.41) is 0. The van der Waals surface area contributed by atoms with Crippen molar-refractivity contribution in [2.45, 2.75) is 26.7 Å². The SMILES string of the molecule is CCOC=C(C(=O)c1ccc(Br)c(Br)c1N(CC)S(C)(=O)=O)C(=O)C1CC1. The van der Waals surface area contributed by atoms with Gasteiger partial charge in [-0.05, 0) is 70.7 Å². The predicted octanol–water partition coefficient (Wildman–Crippen LogP) is 4.08. The van der Waals surface area contributed by atoms with Crippen LogP contribution in [-0.2, 0) is 19.6 Å². The Bertz CT molecular complexity index is 891. The Morgan fingerprint density at radius 1 is 1.26 bits per heavy atom. The minimum atomic E-state index is -3.64. The van der Waals surface area contributed by atoms with E-state index >= 15 is 0 Å². The number of rotatable bonds is 9. The largest absolute Gasteiger partial charge is 0.501 e. The van der Waals surface area contributed by atoms with Crippen molar-refractivity contribution in [2.24, 2.45) is 5.92 Å². The maximum absolute atomic E-state index is 13.2. The number of allylic oxidation sites excluding steroid dienone is 1. The minimum Gasteiger partial charge on any atom is -0.501 e. The summed E-state index contributed by atoms with van der Waals surface area (Å²) in [5.74, 6) is -0.980. The molecule has 0 aromatic heterocycles. The van der Waals surface area contributed by atoms with Gasteiger partial charge in [0.05, 0.1) is 29.3 Å². The van der Waals surface area contributed by atoms with Crippen LogP contribution in [0.2, 0.25) is 0 Å². The molecule has 0 bridgehead atoms. The van der Waals surface area contributed by atoms with Crippen LogP contribution in [0.25, 0.3) is 0 Å². The molecule has 1 aromatic rings. The number of hydrogen-bond donors (Lipinski definition) is 0. The van der Waals surface area contributed by atoms with Gasteiger partial charge in [0.25, 0.3) is 0 Å². The number of Topliss-reactive ketones (excluding diaryl/α,β-unsaturated/α-hetero) is 2. The maximum atomic E-state index is 13.2. The van der Waals surface area contributed by atoms with Crippen molar-refractivity contribution in [3.8, 4) is 0 Å². The molecule has 9 heteroatoms. The second kappa shape index (κ2) is 8.87. The van der Waals surface area contributed by atoms with Crippen LogP contribution in [0.5, 0.6) is 0 Å². The second-order valence-corrected chi connectivity index (χ2v) is 9.69. The van der Waals surface area contributed by atoms with E-state index in [1.54, 1.807) is 19.9 Å². The van der Waals surface area contributed by atoms with Crippen LogP contribution in [0.3, 0.4) is 0 Å². The molecule has 0 spiro atoms. The van der Waals surface area contributed by atoms with E-state index in [0.29, 0.717) is 15.6 Å². The quantitative estimate of drug-likeness (QED) is 0.160. The first-order chi connectivity index (χ1) is 12.6. The fourth-order valence-corrected chi connectivity index (χ4v) is 4.61. The normalized spacial score (nSPS) is 14.8. The van der Waals surface area contributed by atoms with Crippen LogP contribution >= 0.6 is 31.9 Å². The van der Waals surface area contributed by atoms with Gasteiger partial charge in [0.2, 0.25) is 15.8 Å². The van der Waals surface area contributed by atoms with Crippen molar-refractivity contribution >= 4 is 59.1 Å². The highest BCUT2D eigenvalue weighted by molar-refractivity contribution is 9.13. The lowest BCUT2D eigenvalue weighted by Gasteiger charge is -2.25. The van der Waals surface area contributed by atoms with Crippen molar-refractivity contribution in [3.63, 3.8) is 0 Å². The van der Waals surface area contributed by atoms with Gasteiger partial charge in [-0.1, -0.05) is 0 Å². The highest BCUT2D eigenvalue weighted by Gasteiger charge is 2.36. The molecule has 0 atom stereocenters. The fraction of sp³-hybridized carbons (Fsp3) is 0.444. The first-order valence-corrected chi connectivity index (χ1v) is 11.9. The van der Waals surface area contributed by atoms with E-state index in [4.69, 9.17) is 4.74 Å². The molecule has 148 valence electrons. The van der Waals surface area contributed by atoms with Crippen molar-refractivity contribution in [3.05, 3.63) is 38.5 Å². The maximum Gasteiger partial charge on any atom is 0.232 e. The number of nitrogens with zero attached hydrogens (tertiary/aromatic N) is 1. The van der Waals surface area contributed by atoms with Gasteiger partial charge >= 0.3 is 0 Å². The number of ether oxygens (including phenoxy) is 1.